The van der Waals surface area contributed by atoms with Crippen molar-refractivity contribution in [2.75, 3.05) is 7.11 Å². The highest BCUT2D eigenvalue weighted by atomic mass is 32.2. The maximum absolute atomic E-state index is 13.1. The highest BCUT2D eigenvalue weighted by Gasteiger charge is 2.30. The fraction of sp³-hybridized carbons (Fsp3) is 0.444. The Morgan fingerprint density at radius 1 is 0.532 bits per heavy atom. The molecule has 0 amide bonds. The molecule has 336 valence electrons. The van der Waals surface area contributed by atoms with Gasteiger partial charge in [-0.25, -0.2) is 8.42 Å². The number of methoxy groups -OCH3 is 1. The Morgan fingerprint density at radius 3 is 1.44 bits per heavy atom. The van der Waals surface area contributed by atoms with E-state index >= 15 is 0 Å². The molecule has 0 atom stereocenters. The lowest BCUT2D eigenvalue weighted by molar-refractivity contribution is 0.0893. The average Bonchev–Trinajstić information content (AvgIpc) is 3.26. The minimum atomic E-state index is -3.66. The Morgan fingerprint density at radius 2 is 0.968 bits per heavy atom. The van der Waals surface area contributed by atoms with Crippen molar-refractivity contribution >= 4 is 18.2 Å². The molecule has 6 nitrogen and oxygen atoms in total. The van der Waals surface area contributed by atoms with Crippen molar-refractivity contribution < 1.29 is 27.1 Å². The van der Waals surface area contributed by atoms with Crippen LogP contribution in [-0.4, -0.2) is 29.4 Å². The van der Waals surface area contributed by atoms with E-state index in [0.29, 0.717) is 23.9 Å². The van der Waals surface area contributed by atoms with E-state index in [1.54, 1.807) is 55.6 Å². The second-order valence-corrected chi connectivity index (χ2v) is 24.3. The number of unbranched alkanes of at least 4 members (excludes halogenated alkanes) is 6. The molecule has 0 heterocycles. The fourth-order valence-electron chi connectivity index (χ4n) is 7.51. The second kappa shape index (κ2) is 23.9. The first kappa shape index (κ1) is 50.3. The predicted octanol–water partition coefficient (Wildman–Crippen LogP) is 15.3. The smallest absolute Gasteiger partial charge is 0.206 e. The Kier molecular flexibility index (Phi) is 19.4. The lowest BCUT2D eigenvalue weighted by atomic mass is 9.78. The van der Waals surface area contributed by atoms with Crippen molar-refractivity contribution in [3.63, 3.8) is 0 Å². The zero-order valence-corrected chi connectivity index (χ0v) is 41.2. The van der Waals surface area contributed by atoms with Crippen molar-refractivity contribution in [1.29, 1.82) is 0 Å². The lowest BCUT2D eigenvalue weighted by Gasteiger charge is -2.35. The third-order valence-electron chi connectivity index (χ3n) is 11.5. The fourth-order valence-corrected chi connectivity index (χ4v) is 11.7. The molecule has 5 rings (SSSR count). The molecule has 0 aromatic heterocycles. The Balaban J connectivity index is 0.000000959. The van der Waals surface area contributed by atoms with Crippen LogP contribution in [0.5, 0.6) is 23.0 Å². The number of ether oxygens (including phenoxy) is 3. The van der Waals surface area contributed by atoms with E-state index in [2.05, 4.69) is 110 Å². The SMILES string of the molecule is CCCCCCCC.CCCC[Si](C)(C)OC(C)(C)CCc1ccc(COc2ccc(C(C)(C)c3ccc(Oc4ccc(S(=O)(=O)c5ccc(OC)cc5)cc4)cc3)cc2)cc1. The maximum Gasteiger partial charge on any atom is 0.206 e. The van der Waals surface area contributed by atoms with Crippen LogP contribution < -0.4 is 14.2 Å². The number of aryl methyl sites for hydroxylation is 1. The van der Waals surface area contributed by atoms with Crippen LogP contribution in [0.2, 0.25) is 19.1 Å². The standard InChI is InChI=1S/C46H56O6SSi.C8H18/c1-9-10-33-54(7,8)52-45(2,3)32-31-35-11-13-36(14-12-35)34-50-40-19-15-37(16-20-40)46(4,5)38-17-21-41(22-18-38)51-42-25-29-44(30-26-42)53(47,48)43-27-23-39(49-6)24-28-43;1-3-5-7-8-6-4-2/h11-30H,9-10,31-34H2,1-8H3;3-8H2,1-2H3. The van der Waals surface area contributed by atoms with Crippen LogP contribution in [0.1, 0.15) is 129 Å². The van der Waals surface area contributed by atoms with Gasteiger partial charge in [0.25, 0.3) is 0 Å². The van der Waals surface area contributed by atoms with Crippen LogP contribution in [0.15, 0.2) is 131 Å². The minimum Gasteiger partial charge on any atom is -0.497 e. The van der Waals surface area contributed by atoms with E-state index in [-0.39, 0.29) is 20.8 Å². The van der Waals surface area contributed by atoms with Crippen molar-refractivity contribution in [3.05, 3.63) is 144 Å². The molecule has 0 saturated carbocycles. The van der Waals surface area contributed by atoms with Gasteiger partial charge in [-0.15, -0.1) is 0 Å². The monoisotopic (exact) mass is 878 g/mol. The molecule has 5 aromatic rings. The first-order chi connectivity index (χ1) is 29.5. The third-order valence-corrected chi connectivity index (χ3v) is 15.9. The largest absolute Gasteiger partial charge is 0.497 e. The quantitative estimate of drug-likeness (QED) is 0.0481. The average molecular weight is 879 g/mol. The van der Waals surface area contributed by atoms with Crippen LogP contribution in [0.4, 0.5) is 0 Å². The number of hydrogen-bond acceptors (Lipinski definition) is 6. The Hall–Kier alpha value is -4.37. The van der Waals surface area contributed by atoms with Gasteiger partial charge >= 0.3 is 0 Å². The molecule has 0 saturated heterocycles. The molecule has 5 aromatic carbocycles. The lowest BCUT2D eigenvalue weighted by Crippen LogP contribution is -2.41. The van der Waals surface area contributed by atoms with Gasteiger partial charge < -0.3 is 18.6 Å². The van der Waals surface area contributed by atoms with Gasteiger partial charge in [0.05, 0.1) is 22.5 Å². The summed E-state index contributed by atoms with van der Waals surface area (Å²) in [5, 5.41) is 0. The number of rotatable bonds is 23. The van der Waals surface area contributed by atoms with Gasteiger partial charge in [0.15, 0.2) is 8.32 Å². The predicted molar refractivity (Wildman–Crippen MR) is 260 cm³/mol. The first-order valence-corrected chi connectivity index (χ1v) is 27.4. The zero-order valence-electron chi connectivity index (χ0n) is 39.4. The van der Waals surface area contributed by atoms with Crippen molar-refractivity contribution in [3.8, 4) is 23.0 Å². The highest BCUT2D eigenvalue weighted by molar-refractivity contribution is 7.91. The van der Waals surface area contributed by atoms with Gasteiger partial charge in [0, 0.05) is 5.41 Å². The number of hydrogen-bond donors (Lipinski definition) is 0. The molecular formula is C54H74O6SSi. The molecule has 0 N–H and O–H groups in total. The molecule has 0 bridgehead atoms. The number of benzene rings is 5. The third kappa shape index (κ3) is 15.8. The molecule has 0 spiro atoms. The van der Waals surface area contributed by atoms with Crippen LogP contribution in [0.25, 0.3) is 0 Å². The van der Waals surface area contributed by atoms with Crippen molar-refractivity contribution in [2.24, 2.45) is 0 Å². The van der Waals surface area contributed by atoms with Gasteiger partial charge in [-0.1, -0.05) is 135 Å². The molecule has 62 heavy (non-hydrogen) atoms. The first-order valence-electron chi connectivity index (χ1n) is 22.8. The van der Waals surface area contributed by atoms with Crippen LogP contribution in [0, 0.1) is 0 Å². The van der Waals surface area contributed by atoms with Crippen molar-refractivity contribution in [2.45, 2.75) is 159 Å². The van der Waals surface area contributed by atoms with E-state index in [0.717, 1.165) is 29.7 Å². The second-order valence-electron chi connectivity index (χ2n) is 18.2. The molecule has 8 heteroatoms. The summed E-state index contributed by atoms with van der Waals surface area (Å²) in [6, 6.07) is 39.1. The van der Waals surface area contributed by atoms with E-state index in [1.165, 1.54) is 68.5 Å². The Bertz CT molecular complexity index is 2140. The van der Waals surface area contributed by atoms with E-state index in [4.69, 9.17) is 18.6 Å². The van der Waals surface area contributed by atoms with Gasteiger partial charge in [0.2, 0.25) is 9.84 Å². The van der Waals surface area contributed by atoms with Crippen LogP contribution >= 0.6 is 0 Å². The zero-order chi connectivity index (χ0) is 45.2. The summed E-state index contributed by atoms with van der Waals surface area (Å²) in [4.78, 5) is 0.404. The summed E-state index contributed by atoms with van der Waals surface area (Å²) in [6.45, 7) is 20.8. The summed E-state index contributed by atoms with van der Waals surface area (Å²) in [5.74, 6) is 2.65. The summed E-state index contributed by atoms with van der Waals surface area (Å²) in [7, 11) is -3.76. The molecule has 0 radical (unpaired) electrons. The molecule has 0 unspecified atom stereocenters. The Labute approximate surface area is 376 Å². The van der Waals surface area contributed by atoms with Gasteiger partial charge in [-0.05, 0) is 141 Å². The molecule has 0 aliphatic heterocycles. The summed E-state index contributed by atoms with van der Waals surface area (Å²) in [5.41, 5.74) is 4.41. The summed E-state index contributed by atoms with van der Waals surface area (Å²) in [6.07, 6.45) is 13.0. The molecule has 0 fully saturated rings. The van der Waals surface area contributed by atoms with Crippen molar-refractivity contribution in [1.82, 2.24) is 0 Å². The normalized spacial score (nSPS) is 12.0. The molecule has 0 aliphatic carbocycles. The van der Waals surface area contributed by atoms with Crippen LogP contribution in [0.3, 0.4) is 0 Å². The minimum absolute atomic E-state index is 0.117. The van der Waals surface area contributed by atoms with E-state index < -0.39 is 18.2 Å². The summed E-state index contributed by atoms with van der Waals surface area (Å²) >= 11 is 0. The topological polar surface area (TPSA) is 71.1 Å². The van der Waals surface area contributed by atoms with Gasteiger partial charge in [-0.3, -0.25) is 0 Å². The van der Waals surface area contributed by atoms with Gasteiger partial charge in [-0.2, -0.15) is 0 Å². The molecule has 0 aliphatic rings. The van der Waals surface area contributed by atoms with E-state index in [9.17, 15) is 8.42 Å². The summed E-state index contributed by atoms with van der Waals surface area (Å²) < 4.78 is 50.2. The number of sulfone groups is 1. The van der Waals surface area contributed by atoms with Gasteiger partial charge in [0.1, 0.15) is 29.6 Å². The molecular weight excluding hydrogens is 805 g/mol. The maximum atomic E-state index is 13.1. The highest BCUT2D eigenvalue weighted by Crippen LogP contribution is 2.35. The van der Waals surface area contributed by atoms with E-state index in [1.807, 2.05) is 24.3 Å². The van der Waals surface area contributed by atoms with Crippen LogP contribution in [-0.2, 0) is 32.7 Å².